The second kappa shape index (κ2) is 5.45. The fourth-order valence-corrected chi connectivity index (χ4v) is 2.80. The standard InChI is InChI=1S/C15H18N3O/c19-11-18-8-7-16-10-13(18)6-5-12-9-17-15-4-2-1-3-14(12)15/h1-4,9,13,16-17H,5-8,10H2. The second-order valence-electron chi connectivity index (χ2n) is 5.04. The van der Waals surface area contributed by atoms with Crippen molar-refractivity contribution in [1.29, 1.82) is 0 Å². The van der Waals surface area contributed by atoms with E-state index in [9.17, 15) is 4.79 Å². The molecule has 1 atom stereocenters. The Morgan fingerprint density at radius 1 is 1.37 bits per heavy atom. The molecule has 1 aliphatic heterocycles. The summed E-state index contributed by atoms with van der Waals surface area (Å²) in [5.41, 5.74) is 2.50. The molecule has 4 nitrogen and oxygen atoms in total. The van der Waals surface area contributed by atoms with Crippen molar-refractivity contribution in [3.8, 4) is 0 Å². The summed E-state index contributed by atoms with van der Waals surface area (Å²) in [6.07, 6.45) is 6.09. The molecule has 2 aromatic rings. The number of H-pyrrole nitrogens is 1. The number of fused-ring (bicyclic) bond motifs is 1. The van der Waals surface area contributed by atoms with Crippen molar-refractivity contribution < 1.29 is 4.79 Å². The highest BCUT2D eigenvalue weighted by Gasteiger charge is 2.21. The number of piperazine rings is 1. The lowest BCUT2D eigenvalue weighted by atomic mass is 10.0. The van der Waals surface area contributed by atoms with Gasteiger partial charge in [0.25, 0.3) is 0 Å². The summed E-state index contributed by atoms with van der Waals surface area (Å²) in [6.45, 7) is 2.51. The van der Waals surface area contributed by atoms with Gasteiger partial charge in [-0.2, -0.15) is 0 Å². The number of nitrogens with zero attached hydrogens (tertiary/aromatic N) is 1. The zero-order valence-corrected chi connectivity index (χ0v) is 10.9. The van der Waals surface area contributed by atoms with Crippen LogP contribution in [0.1, 0.15) is 12.0 Å². The monoisotopic (exact) mass is 256 g/mol. The van der Waals surface area contributed by atoms with Gasteiger partial charge in [0.2, 0.25) is 0 Å². The molecule has 1 aliphatic rings. The van der Waals surface area contributed by atoms with Crippen LogP contribution in [0.4, 0.5) is 0 Å². The predicted octanol–water partition coefficient (Wildman–Crippen LogP) is 1.44. The Morgan fingerprint density at radius 3 is 3.16 bits per heavy atom. The topological polar surface area (TPSA) is 48.1 Å². The Bertz CT molecular complexity index is 563. The summed E-state index contributed by atoms with van der Waals surface area (Å²) < 4.78 is 0. The van der Waals surface area contributed by atoms with Crippen molar-refractivity contribution in [2.24, 2.45) is 0 Å². The van der Waals surface area contributed by atoms with Gasteiger partial charge in [-0.15, -0.1) is 0 Å². The van der Waals surface area contributed by atoms with Gasteiger partial charge >= 0.3 is 6.41 Å². The van der Waals surface area contributed by atoms with Gasteiger partial charge in [0.05, 0.1) is 0 Å². The molecule has 0 spiro atoms. The number of aromatic nitrogens is 1. The fourth-order valence-electron chi connectivity index (χ4n) is 2.80. The van der Waals surface area contributed by atoms with Crippen LogP contribution in [-0.2, 0) is 11.2 Å². The molecule has 0 saturated carbocycles. The number of para-hydroxylation sites is 1. The van der Waals surface area contributed by atoms with Crippen LogP contribution in [-0.4, -0.2) is 42.0 Å². The largest absolute Gasteiger partial charge is 0.361 e. The molecule has 4 heteroatoms. The fraction of sp³-hybridized carbons (Fsp3) is 0.400. The first-order valence-corrected chi connectivity index (χ1v) is 6.78. The van der Waals surface area contributed by atoms with Gasteiger partial charge in [-0.05, 0) is 24.5 Å². The second-order valence-corrected chi connectivity index (χ2v) is 5.04. The molecule has 0 bridgehead atoms. The zero-order chi connectivity index (χ0) is 13.1. The molecule has 2 N–H and O–H groups in total. The number of hydrogen-bond donors (Lipinski definition) is 2. The van der Waals surface area contributed by atoms with Crippen molar-refractivity contribution in [3.63, 3.8) is 0 Å². The van der Waals surface area contributed by atoms with Gasteiger partial charge in [0.15, 0.2) is 0 Å². The van der Waals surface area contributed by atoms with Gasteiger partial charge in [-0.1, -0.05) is 18.2 Å². The molecule has 19 heavy (non-hydrogen) atoms. The van der Waals surface area contributed by atoms with Crippen LogP contribution in [0.5, 0.6) is 0 Å². The van der Waals surface area contributed by atoms with E-state index in [2.05, 4.69) is 41.1 Å². The molecule has 3 rings (SSSR count). The molecule has 1 amide bonds. The minimum Gasteiger partial charge on any atom is -0.361 e. The van der Waals surface area contributed by atoms with E-state index in [1.165, 1.54) is 16.5 Å². The van der Waals surface area contributed by atoms with E-state index < -0.39 is 0 Å². The number of aryl methyl sites for hydroxylation is 1. The van der Waals surface area contributed by atoms with E-state index >= 15 is 0 Å². The SMILES string of the molecule is O=[C]N1CCNCC1CCc1c[nH]c2ccccc12. The number of nitrogens with one attached hydrogen (secondary N) is 2. The quantitative estimate of drug-likeness (QED) is 0.869. The van der Waals surface area contributed by atoms with Crippen molar-refractivity contribution in [1.82, 2.24) is 15.2 Å². The van der Waals surface area contributed by atoms with E-state index in [-0.39, 0.29) is 6.04 Å². The molecule has 1 unspecified atom stereocenters. The molecule has 1 aromatic carbocycles. The predicted molar refractivity (Wildman–Crippen MR) is 75.7 cm³/mol. The van der Waals surface area contributed by atoms with Gasteiger partial charge in [0.1, 0.15) is 0 Å². The molecule has 99 valence electrons. The Kier molecular flexibility index (Phi) is 3.51. The number of carbonyl (C=O) groups excluding carboxylic acids is 1. The summed E-state index contributed by atoms with van der Waals surface area (Å²) >= 11 is 0. The minimum atomic E-state index is 0.264. The first kappa shape index (κ1) is 12.2. The average Bonchev–Trinajstić information content (AvgIpc) is 2.89. The van der Waals surface area contributed by atoms with Crippen molar-refractivity contribution >= 4 is 17.3 Å². The number of rotatable bonds is 4. The smallest absolute Gasteiger partial charge is 0.312 e. The Balaban J connectivity index is 1.70. The maximum absolute atomic E-state index is 10.9. The van der Waals surface area contributed by atoms with E-state index in [0.717, 1.165) is 32.5 Å². The van der Waals surface area contributed by atoms with Crippen LogP contribution in [0, 0.1) is 0 Å². The highest BCUT2D eigenvalue weighted by atomic mass is 16.1. The number of aromatic amines is 1. The zero-order valence-electron chi connectivity index (χ0n) is 10.9. The molecular weight excluding hydrogens is 238 g/mol. The maximum atomic E-state index is 10.9. The summed E-state index contributed by atoms with van der Waals surface area (Å²) in [7, 11) is 0. The highest BCUT2D eigenvalue weighted by molar-refractivity contribution is 5.83. The molecule has 1 fully saturated rings. The molecule has 1 aromatic heterocycles. The van der Waals surface area contributed by atoms with Crippen LogP contribution in [0.25, 0.3) is 10.9 Å². The van der Waals surface area contributed by atoms with Crippen LogP contribution in [0.2, 0.25) is 0 Å². The number of amides is 1. The van der Waals surface area contributed by atoms with E-state index in [0.29, 0.717) is 0 Å². The Hall–Kier alpha value is -1.81. The van der Waals surface area contributed by atoms with Crippen LogP contribution in [0.3, 0.4) is 0 Å². The maximum Gasteiger partial charge on any atom is 0.312 e. The molecular formula is C15H18N3O. The molecule has 0 aliphatic carbocycles. The van der Waals surface area contributed by atoms with Crippen LogP contribution >= 0.6 is 0 Å². The van der Waals surface area contributed by atoms with Crippen molar-refractivity contribution in [3.05, 3.63) is 36.0 Å². The van der Waals surface area contributed by atoms with Crippen LogP contribution < -0.4 is 5.32 Å². The third-order valence-corrected chi connectivity index (χ3v) is 3.89. The van der Waals surface area contributed by atoms with Crippen molar-refractivity contribution in [2.45, 2.75) is 18.9 Å². The summed E-state index contributed by atoms with van der Waals surface area (Å²) in [6, 6.07) is 8.60. The highest BCUT2D eigenvalue weighted by Crippen LogP contribution is 2.20. The van der Waals surface area contributed by atoms with E-state index in [1.807, 2.05) is 6.07 Å². The average molecular weight is 256 g/mol. The summed E-state index contributed by atoms with van der Waals surface area (Å²) in [5.74, 6) is 0. The van der Waals surface area contributed by atoms with Crippen LogP contribution in [0.15, 0.2) is 30.5 Å². The normalized spacial score (nSPS) is 19.8. The third-order valence-electron chi connectivity index (χ3n) is 3.89. The molecule has 2 heterocycles. The van der Waals surface area contributed by atoms with E-state index in [4.69, 9.17) is 0 Å². The summed E-state index contributed by atoms with van der Waals surface area (Å²) in [5, 5.41) is 4.62. The minimum absolute atomic E-state index is 0.264. The number of hydrogen-bond acceptors (Lipinski definition) is 2. The first-order chi connectivity index (χ1) is 9.38. The first-order valence-electron chi connectivity index (χ1n) is 6.78. The van der Waals surface area contributed by atoms with Gasteiger partial charge in [-0.25, -0.2) is 0 Å². The number of benzene rings is 1. The Morgan fingerprint density at radius 2 is 2.26 bits per heavy atom. The lowest BCUT2D eigenvalue weighted by Crippen LogP contribution is -2.50. The van der Waals surface area contributed by atoms with Gasteiger partial charge < -0.3 is 15.2 Å². The lowest BCUT2D eigenvalue weighted by molar-refractivity contribution is 0.235. The third kappa shape index (κ3) is 2.49. The summed E-state index contributed by atoms with van der Waals surface area (Å²) in [4.78, 5) is 16.0. The van der Waals surface area contributed by atoms with Gasteiger partial charge in [-0.3, -0.25) is 4.79 Å². The lowest BCUT2D eigenvalue weighted by Gasteiger charge is -2.32. The molecule has 1 saturated heterocycles. The van der Waals surface area contributed by atoms with Gasteiger partial charge in [0, 0.05) is 42.8 Å². The Labute approximate surface area is 112 Å². The molecule has 1 radical (unpaired) electrons. The van der Waals surface area contributed by atoms with E-state index in [1.54, 1.807) is 4.90 Å². The van der Waals surface area contributed by atoms with Crippen molar-refractivity contribution in [2.75, 3.05) is 19.6 Å².